The molecule has 0 radical (unpaired) electrons. The van der Waals surface area contributed by atoms with Gasteiger partial charge in [0.1, 0.15) is 5.82 Å². The van der Waals surface area contributed by atoms with E-state index in [-0.39, 0.29) is 17.4 Å². The van der Waals surface area contributed by atoms with E-state index in [2.05, 4.69) is 0 Å². The van der Waals surface area contributed by atoms with E-state index in [1.807, 2.05) is 31.2 Å². The highest BCUT2D eigenvalue weighted by Crippen LogP contribution is 2.48. The van der Waals surface area contributed by atoms with Crippen LogP contribution in [0.25, 0.3) is 11.3 Å². The molecule has 4 nitrogen and oxygen atoms in total. The van der Waals surface area contributed by atoms with Crippen LogP contribution in [0.4, 0.5) is 4.39 Å². The van der Waals surface area contributed by atoms with Crippen LogP contribution in [-0.4, -0.2) is 17.5 Å². The molecule has 6 heteroatoms. The molecule has 140 valence electrons. The monoisotopic (exact) mass is 385 g/mol. The van der Waals surface area contributed by atoms with Gasteiger partial charge in [-0.25, -0.2) is 16.8 Å². The van der Waals surface area contributed by atoms with Crippen molar-refractivity contribution in [3.05, 3.63) is 77.2 Å². The average molecular weight is 385 g/mol. The minimum atomic E-state index is -4.01. The third-order valence-corrected chi connectivity index (χ3v) is 6.66. The molecule has 1 heterocycles. The summed E-state index contributed by atoms with van der Waals surface area (Å²) in [6.45, 7) is 1.69. The molecule has 0 amide bonds. The van der Waals surface area contributed by atoms with Crippen molar-refractivity contribution in [2.24, 2.45) is 0 Å². The second-order valence-corrected chi connectivity index (χ2v) is 8.74. The summed E-state index contributed by atoms with van der Waals surface area (Å²) in [5.74, 6) is -0.365. The van der Waals surface area contributed by atoms with Gasteiger partial charge in [-0.05, 0) is 55.0 Å². The van der Waals surface area contributed by atoms with Gasteiger partial charge in [-0.1, -0.05) is 30.3 Å². The number of aryl methyl sites for hydroxylation is 1. The summed E-state index contributed by atoms with van der Waals surface area (Å²) in [7, 11) is -4.01. The molecule has 1 aliphatic carbocycles. The summed E-state index contributed by atoms with van der Waals surface area (Å²) in [5.41, 5.74) is 3.81. The normalized spacial score (nSPS) is 14.5. The van der Waals surface area contributed by atoms with Gasteiger partial charge < -0.3 is 5.11 Å². The summed E-state index contributed by atoms with van der Waals surface area (Å²) in [5, 5.41) is 9.86. The fourth-order valence-corrected chi connectivity index (χ4v) is 4.98. The van der Waals surface area contributed by atoms with Crippen LogP contribution in [0.3, 0.4) is 0 Å². The predicted octanol–water partition coefficient (Wildman–Crippen LogP) is 4.21. The Kier molecular flexibility index (Phi) is 4.40. The first-order valence-corrected chi connectivity index (χ1v) is 10.3. The molecule has 1 aliphatic rings. The number of benzene rings is 2. The van der Waals surface area contributed by atoms with Crippen molar-refractivity contribution in [1.29, 1.82) is 0 Å². The van der Waals surface area contributed by atoms with Gasteiger partial charge in [-0.15, -0.1) is 0 Å². The molecule has 1 aromatic heterocycles. The predicted molar refractivity (Wildman–Crippen MR) is 101 cm³/mol. The third-order valence-electron chi connectivity index (χ3n) is 5.00. The van der Waals surface area contributed by atoms with Crippen LogP contribution < -0.4 is 0 Å². The molecule has 4 rings (SSSR count). The van der Waals surface area contributed by atoms with Crippen LogP contribution in [0.15, 0.2) is 59.6 Å². The Morgan fingerprint density at radius 3 is 2.52 bits per heavy atom. The number of rotatable bonds is 5. The van der Waals surface area contributed by atoms with Gasteiger partial charge in [-0.3, -0.25) is 0 Å². The average Bonchev–Trinajstić information content (AvgIpc) is 3.41. The molecule has 0 spiro atoms. The fraction of sp³-hybridized carbons (Fsp3) is 0.238. The Labute approximate surface area is 158 Å². The zero-order valence-corrected chi connectivity index (χ0v) is 15.7. The largest absolute Gasteiger partial charge is 0.392 e. The number of aliphatic hydroxyl groups is 1. The first-order valence-electron chi connectivity index (χ1n) is 8.85. The molecule has 0 bridgehead atoms. The van der Waals surface area contributed by atoms with Crippen molar-refractivity contribution in [2.75, 3.05) is 0 Å². The topological polar surface area (TPSA) is 59.3 Å². The number of hydrogen-bond acceptors (Lipinski definition) is 3. The molecule has 3 aromatic rings. The van der Waals surface area contributed by atoms with Gasteiger partial charge in [-0.2, -0.15) is 0 Å². The zero-order chi connectivity index (χ0) is 19.2. The lowest BCUT2D eigenvalue weighted by Gasteiger charge is -2.14. The Balaban J connectivity index is 2.03. The van der Waals surface area contributed by atoms with E-state index in [0.717, 1.165) is 35.6 Å². The molecule has 0 aliphatic heterocycles. The highest BCUT2D eigenvalue weighted by atomic mass is 32.2. The molecule has 1 saturated carbocycles. The second-order valence-electron chi connectivity index (χ2n) is 6.92. The highest BCUT2D eigenvalue weighted by molar-refractivity contribution is 7.90. The molecule has 27 heavy (non-hydrogen) atoms. The molecule has 0 saturated heterocycles. The van der Waals surface area contributed by atoms with Crippen molar-refractivity contribution in [3.8, 4) is 11.3 Å². The van der Waals surface area contributed by atoms with E-state index >= 15 is 0 Å². The Morgan fingerprint density at radius 2 is 1.89 bits per heavy atom. The molecular formula is C21H20FNO3S. The lowest BCUT2D eigenvalue weighted by molar-refractivity contribution is 0.281. The molecule has 2 aromatic carbocycles. The fourth-order valence-electron chi connectivity index (χ4n) is 3.53. The van der Waals surface area contributed by atoms with E-state index in [1.165, 1.54) is 28.4 Å². The zero-order valence-electron chi connectivity index (χ0n) is 14.9. The van der Waals surface area contributed by atoms with Crippen LogP contribution in [-0.2, 0) is 16.6 Å². The summed E-state index contributed by atoms with van der Waals surface area (Å²) in [6.07, 6.45) is 3.42. The summed E-state index contributed by atoms with van der Waals surface area (Å²) >= 11 is 0. The Morgan fingerprint density at radius 1 is 1.15 bits per heavy atom. The lowest BCUT2D eigenvalue weighted by atomic mass is 9.98. The second kappa shape index (κ2) is 6.62. The maximum absolute atomic E-state index is 13.7. The third kappa shape index (κ3) is 3.09. The molecule has 1 N–H and O–H groups in total. The van der Waals surface area contributed by atoms with Gasteiger partial charge in [0.15, 0.2) is 0 Å². The van der Waals surface area contributed by atoms with Gasteiger partial charge in [0, 0.05) is 17.3 Å². The van der Waals surface area contributed by atoms with Crippen molar-refractivity contribution >= 4 is 10.0 Å². The first-order chi connectivity index (χ1) is 12.9. The van der Waals surface area contributed by atoms with Crippen molar-refractivity contribution in [3.63, 3.8) is 0 Å². The minimum absolute atomic E-state index is 0.112. The van der Waals surface area contributed by atoms with Crippen LogP contribution in [0.1, 0.15) is 35.4 Å². The SMILES string of the molecule is Cc1ccccc1-c1c(C2CC2)c(CO)cn1S(=O)(=O)c1cccc(F)c1. The summed E-state index contributed by atoms with van der Waals surface area (Å²) in [6, 6.07) is 12.6. The maximum atomic E-state index is 13.7. The van der Waals surface area contributed by atoms with Crippen LogP contribution in [0.2, 0.25) is 0 Å². The molecular weight excluding hydrogens is 365 g/mol. The number of halogens is 1. The van der Waals surface area contributed by atoms with E-state index in [9.17, 15) is 17.9 Å². The van der Waals surface area contributed by atoms with Gasteiger partial charge in [0.05, 0.1) is 17.2 Å². The molecule has 0 unspecified atom stereocenters. The molecule has 1 fully saturated rings. The van der Waals surface area contributed by atoms with E-state index in [4.69, 9.17) is 0 Å². The molecule has 0 atom stereocenters. The smallest absolute Gasteiger partial charge is 0.268 e. The minimum Gasteiger partial charge on any atom is -0.392 e. The first kappa shape index (κ1) is 17.9. The van der Waals surface area contributed by atoms with E-state index in [1.54, 1.807) is 0 Å². The summed E-state index contributed by atoms with van der Waals surface area (Å²) in [4.78, 5) is -0.112. The van der Waals surface area contributed by atoms with Crippen molar-refractivity contribution < 1.29 is 17.9 Å². The number of aromatic nitrogens is 1. The number of aliphatic hydroxyl groups excluding tert-OH is 1. The standard InChI is InChI=1S/C21H20FNO3S/c1-14-5-2-3-8-19(14)21-20(15-9-10-15)16(13-24)12-23(21)27(25,26)18-7-4-6-17(22)11-18/h2-8,11-12,15,24H,9-10,13H2,1H3. The Bertz CT molecular complexity index is 1110. The van der Waals surface area contributed by atoms with Crippen molar-refractivity contribution in [2.45, 2.75) is 37.2 Å². The maximum Gasteiger partial charge on any atom is 0.268 e. The van der Waals surface area contributed by atoms with Gasteiger partial charge in [0.25, 0.3) is 10.0 Å². The number of hydrogen-bond donors (Lipinski definition) is 1. The highest BCUT2D eigenvalue weighted by Gasteiger charge is 2.35. The quantitative estimate of drug-likeness (QED) is 0.716. The van der Waals surface area contributed by atoms with Gasteiger partial charge >= 0.3 is 0 Å². The van der Waals surface area contributed by atoms with Gasteiger partial charge in [0.2, 0.25) is 0 Å². The van der Waals surface area contributed by atoms with Crippen LogP contribution >= 0.6 is 0 Å². The van der Waals surface area contributed by atoms with E-state index < -0.39 is 15.8 Å². The number of nitrogens with zero attached hydrogens (tertiary/aromatic N) is 1. The lowest BCUT2D eigenvalue weighted by Crippen LogP contribution is -2.14. The van der Waals surface area contributed by atoms with E-state index in [0.29, 0.717) is 11.3 Å². The van der Waals surface area contributed by atoms with Crippen LogP contribution in [0.5, 0.6) is 0 Å². The van der Waals surface area contributed by atoms with Crippen molar-refractivity contribution in [1.82, 2.24) is 3.97 Å². The van der Waals surface area contributed by atoms with Crippen LogP contribution in [0, 0.1) is 12.7 Å². The Hall–Kier alpha value is -2.44. The summed E-state index contributed by atoms with van der Waals surface area (Å²) < 4.78 is 41.5.